The van der Waals surface area contributed by atoms with Crippen LogP contribution in [0.5, 0.6) is 11.6 Å². The van der Waals surface area contributed by atoms with Crippen molar-refractivity contribution in [3.05, 3.63) is 40.3 Å². The fourth-order valence-corrected chi connectivity index (χ4v) is 2.19. The van der Waals surface area contributed by atoms with Crippen LogP contribution in [-0.4, -0.2) is 15.8 Å². The molecule has 0 aliphatic rings. The summed E-state index contributed by atoms with van der Waals surface area (Å²) in [5.41, 5.74) is 1.85. The molecular weight excluding hydrogens is 293 g/mol. The van der Waals surface area contributed by atoms with Crippen molar-refractivity contribution in [2.24, 2.45) is 7.05 Å². The number of nitrogens with one attached hydrogen (secondary N) is 1. The minimum Gasteiger partial charge on any atom is -0.437 e. The molecule has 0 atom stereocenters. The van der Waals surface area contributed by atoms with Gasteiger partial charge in [-0.15, -0.1) is 0 Å². The zero-order valence-corrected chi connectivity index (χ0v) is 13.3. The Balaban J connectivity index is 2.30. The van der Waals surface area contributed by atoms with Crippen molar-refractivity contribution < 1.29 is 9.13 Å². The number of rotatable bonds is 5. The average Bonchev–Trinajstić information content (AvgIpc) is 2.65. The van der Waals surface area contributed by atoms with Crippen molar-refractivity contribution in [2.45, 2.75) is 33.4 Å². The second kappa shape index (κ2) is 6.45. The molecule has 6 heteroatoms. The molecule has 21 heavy (non-hydrogen) atoms. The molecule has 0 aliphatic heterocycles. The molecule has 4 nitrogen and oxygen atoms in total. The zero-order chi connectivity index (χ0) is 15.6. The number of halogens is 2. The highest BCUT2D eigenvalue weighted by Gasteiger charge is 2.17. The molecule has 2 rings (SSSR count). The van der Waals surface area contributed by atoms with E-state index in [4.69, 9.17) is 16.3 Å². The van der Waals surface area contributed by atoms with Crippen LogP contribution in [0.3, 0.4) is 0 Å². The van der Waals surface area contributed by atoms with Gasteiger partial charge in [-0.05, 0) is 25.1 Å². The first-order chi connectivity index (χ1) is 9.88. The van der Waals surface area contributed by atoms with Crippen LogP contribution in [0.4, 0.5) is 4.39 Å². The Labute approximate surface area is 128 Å². The fraction of sp³-hybridized carbons (Fsp3) is 0.400. The van der Waals surface area contributed by atoms with Gasteiger partial charge in [-0.25, -0.2) is 9.07 Å². The van der Waals surface area contributed by atoms with Crippen LogP contribution in [0.15, 0.2) is 18.2 Å². The topological polar surface area (TPSA) is 39.1 Å². The number of hydrogen-bond acceptors (Lipinski definition) is 3. The standard InChI is InChI=1S/C15H19ClFN3O/c1-9(2)18-8-12-10(3)19-20(4)15(12)21-14-6-5-11(17)7-13(14)16/h5-7,9,18H,8H2,1-4H3. The van der Waals surface area contributed by atoms with E-state index in [1.807, 2.05) is 6.92 Å². The minimum atomic E-state index is -0.393. The summed E-state index contributed by atoms with van der Waals surface area (Å²) in [6.45, 7) is 6.72. The Hall–Kier alpha value is -1.59. The SMILES string of the molecule is Cc1nn(C)c(Oc2ccc(F)cc2Cl)c1CNC(C)C. The van der Waals surface area contributed by atoms with E-state index in [0.29, 0.717) is 24.2 Å². The van der Waals surface area contributed by atoms with E-state index < -0.39 is 5.82 Å². The first-order valence-corrected chi connectivity index (χ1v) is 7.15. The predicted octanol–water partition coefficient (Wildman–Crippen LogP) is 3.81. The van der Waals surface area contributed by atoms with Gasteiger partial charge in [0.1, 0.15) is 11.6 Å². The molecule has 1 aromatic heterocycles. The van der Waals surface area contributed by atoms with Gasteiger partial charge in [-0.2, -0.15) is 5.10 Å². The summed E-state index contributed by atoms with van der Waals surface area (Å²) in [5, 5.41) is 7.94. The third-order valence-electron chi connectivity index (χ3n) is 3.08. The summed E-state index contributed by atoms with van der Waals surface area (Å²) in [4.78, 5) is 0. The summed E-state index contributed by atoms with van der Waals surface area (Å²) in [7, 11) is 1.80. The van der Waals surface area contributed by atoms with Crippen molar-refractivity contribution in [1.29, 1.82) is 0 Å². The molecular formula is C15H19ClFN3O. The van der Waals surface area contributed by atoms with Crippen LogP contribution in [0.25, 0.3) is 0 Å². The molecule has 0 aliphatic carbocycles. The number of nitrogens with zero attached hydrogens (tertiary/aromatic N) is 2. The average molecular weight is 312 g/mol. The Morgan fingerprint density at radius 1 is 1.43 bits per heavy atom. The first-order valence-electron chi connectivity index (χ1n) is 6.77. The number of aryl methyl sites for hydroxylation is 2. The monoisotopic (exact) mass is 311 g/mol. The van der Waals surface area contributed by atoms with Gasteiger partial charge in [0.15, 0.2) is 0 Å². The van der Waals surface area contributed by atoms with Crippen molar-refractivity contribution in [3.8, 4) is 11.6 Å². The molecule has 0 unspecified atom stereocenters. The summed E-state index contributed by atoms with van der Waals surface area (Å²) in [5.74, 6) is 0.622. The number of ether oxygens (including phenoxy) is 1. The Bertz CT molecular complexity index is 640. The van der Waals surface area contributed by atoms with Gasteiger partial charge in [0, 0.05) is 19.6 Å². The molecule has 2 aromatic rings. The van der Waals surface area contributed by atoms with E-state index in [0.717, 1.165) is 11.3 Å². The van der Waals surface area contributed by atoms with Crippen molar-refractivity contribution >= 4 is 11.6 Å². The van der Waals surface area contributed by atoms with Crippen LogP contribution >= 0.6 is 11.6 Å². The maximum Gasteiger partial charge on any atom is 0.222 e. The van der Waals surface area contributed by atoms with Gasteiger partial charge in [-0.1, -0.05) is 25.4 Å². The maximum atomic E-state index is 13.1. The van der Waals surface area contributed by atoms with E-state index in [2.05, 4.69) is 24.3 Å². The summed E-state index contributed by atoms with van der Waals surface area (Å²) < 4.78 is 20.6. The van der Waals surface area contributed by atoms with E-state index in [1.54, 1.807) is 11.7 Å². The fourth-order valence-electron chi connectivity index (χ4n) is 1.98. The normalized spacial score (nSPS) is 11.2. The zero-order valence-electron chi connectivity index (χ0n) is 12.6. The molecule has 1 aromatic carbocycles. The minimum absolute atomic E-state index is 0.233. The van der Waals surface area contributed by atoms with Crippen molar-refractivity contribution in [2.75, 3.05) is 0 Å². The third kappa shape index (κ3) is 3.74. The summed E-state index contributed by atoms with van der Waals surface area (Å²) in [6, 6.07) is 4.41. The van der Waals surface area contributed by atoms with Crippen molar-refractivity contribution in [1.82, 2.24) is 15.1 Å². The van der Waals surface area contributed by atoms with E-state index in [1.165, 1.54) is 18.2 Å². The molecule has 0 fully saturated rings. The van der Waals surface area contributed by atoms with E-state index in [-0.39, 0.29) is 5.02 Å². The second-order valence-electron chi connectivity index (χ2n) is 5.21. The Morgan fingerprint density at radius 3 is 2.76 bits per heavy atom. The van der Waals surface area contributed by atoms with Gasteiger partial charge in [-0.3, -0.25) is 0 Å². The van der Waals surface area contributed by atoms with Crippen LogP contribution in [0.1, 0.15) is 25.1 Å². The predicted molar refractivity (Wildman–Crippen MR) is 81.4 cm³/mol. The molecule has 0 bridgehead atoms. The van der Waals surface area contributed by atoms with Crippen LogP contribution in [0.2, 0.25) is 5.02 Å². The lowest BCUT2D eigenvalue weighted by molar-refractivity contribution is 0.421. The van der Waals surface area contributed by atoms with Gasteiger partial charge in [0.05, 0.1) is 16.3 Å². The van der Waals surface area contributed by atoms with Crippen LogP contribution in [-0.2, 0) is 13.6 Å². The smallest absolute Gasteiger partial charge is 0.222 e. The Kier molecular flexibility index (Phi) is 4.85. The molecule has 1 N–H and O–H groups in total. The molecule has 114 valence electrons. The van der Waals surface area contributed by atoms with Gasteiger partial charge in [0.25, 0.3) is 0 Å². The molecule has 1 heterocycles. The van der Waals surface area contributed by atoms with Gasteiger partial charge in [0.2, 0.25) is 5.88 Å². The number of aromatic nitrogens is 2. The Morgan fingerprint density at radius 2 is 2.14 bits per heavy atom. The molecule has 0 spiro atoms. The van der Waals surface area contributed by atoms with E-state index in [9.17, 15) is 4.39 Å². The molecule has 0 amide bonds. The highest BCUT2D eigenvalue weighted by molar-refractivity contribution is 6.32. The van der Waals surface area contributed by atoms with Crippen LogP contribution in [0, 0.1) is 12.7 Å². The molecule has 0 saturated heterocycles. The lowest BCUT2D eigenvalue weighted by Crippen LogP contribution is -2.22. The summed E-state index contributed by atoms with van der Waals surface area (Å²) in [6.07, 6.45) is 0. The van der Waals surface area contributed by atoms with E-state index >= 15 is 0 Å². The highest BCUT2D eigenvalue weighted by Crippen LogP contribution is 2.32. The quantitative estimate of drug-likeness (QED) is 0.912. The van der Waals surface area contributed by atoms with Crippen LogP contribution < -0.4 is 10.1 Å². The highest BCUT2D eigenvalue weighted by atomic mass is 35.5. The van der Waals surface area contributed by atoms with Gasteiger partial charge >= 0.3 is 0 Å². The third-order valence-corrected chi connectivity index (χ3v) is 3.37. The number of benzene rings is 1. The lowest BCUT2D eigenvalue weighted by Gasteiger charge is -2.12. The molecule has 0 radical (unpaired) electrons. The first kappa shape index (κ1) is 15.8. The van der Waals surface area contributed by atoms with Gasteiger partial charge < -0.3 is 10.1 Å². The summed E-state index contributed by atoms with van der Waals surface area (Å²) >= 11 is 6.01. The lowest BCUT2D eigenvalue weighted by atomic mass is 10.2. The second-order valence-corrected chi connectivity index (χ2v) is 5.61. The largest absolute Gasteiger partial charge is 0.437 e. The number of hydrogen-bond donors (Lipinski definition) is 1. The maximum absolute atomic E-state index is 13.1. The van der Waals surface area contributed by atoms with Crippen molar-refractivity contribution in [3.63, 3.8) is 0 Å². The molecule has 0 saturated carbocycles.